The first-order chi connectivity index (χ1) is 29.7. The molecule has 61 heavy (non-hydrogen) atoms. The van der Waals surface area contributed by atoms with E-state index in [-0.39, 0.29) is 20.1 Å². The van der Waals surface area contributed by atoms with Crippen LogP contribution in [0.4, 0.5) is 0 Å². The van der Waals surface area contributed by atoms with Gasteiger partial charge in [0.15, 0.2) is 0 Å². The van der Waals surface area contributed by atoms with Crippen molar-refractivity contribution in [3.63, 3.8) is 0 Å². The number of hydrogen-bond acceptors (Lipinski definition) is 4. The average Bonchev–Trinajstić information content (AvgIpc) is 3.84. The minimum absolute atomic E-state index is 0. The van der Waals surface area contributed by atoms with Crippen LogP contribution >= 0.6 is 0 Å². The molecule has 6 aromatic carbocycles. The van der Waals surface area contributed by atoms with Gasteiger partial charge in [0.25, 0.3) is 0 Å². The standard InChI is InChI=1S/C35H22N3O.C19H26NSi.Ir/c1-22-18-20-28-27-14-9-15-29(33(27)39-35(28)36-22)34-37-30-16-7-8-17-31(30)38(34)32-25-13-6-5-12-24(25)19-21-26(32)23-10-3-2-4-11-23;1-19(2,3)13-16-12-17(15-10-8-7-9-11-15)20-14-18(16)21(4,5)6;/h2-14,16-21H,1H3;7-10,12,14H,13H2,1-6H3;/q2*-1;/i;13D2;. The summed E-state index contributed by atoms with van der Waals surface area (Å²) in [6.45, 7) is 14.5. The van der Waals surface area contributed by atoms with Crippen LogP contribution in [0.2, 0.25) is 19.6 Å². The van der Waals surface area contributed by atoms with E-state index >= 15 is 0 Å². The number of furan rings is 1. The van der Waals surface area contributed by atoms with E-state index < -0.39 is 19.9 Å². The molecule has 10 rings (SSSR count). The van der Waals surface area contributed by atoms with Crippen molar-refractivity contribution in [3.8, 4) is 39.5 Å². The van der Waals surface area contributed by atoms with Gasteiger partial charge in [0, 0.05) is 51.1 Å². The molecule has 4 heterocycles. The minimum Gasteiger partial charge on any atom is -0.486 e. The topological polar surface area (TPSA) is 56.7 Å². The van der Waals surface area contributed by atoms with Crippen LogP contribution in [0, 0.1) is 24.5 Å². The number of aromatic nitrogens is 4. The summed E-state index contributed by atoms with van der Waals surface area (Å²) in [5.41, 5.74) is 10.4. The SMILES string of the molecule is Cc1ccc2c(n1)oc1c(-c3nc4ccccc4n3-c3c(-c4ccccc4)ccc4ccccc34)[c-]ccc12.[2H]C([2H])(c1cc(-c2[c-]cccc2)ncc1[Si](C)(C)C)C(C)(C)C.[Ir]. The second-order valence-electron chi connectivity index (χ2n) is 17.3. The Bertz CT molecular complexity index is 3260. The molecule has 1 radical (unpaired) electrons. The molecule has 0 aliphatic rings. The molecule has 0 bridgehead atoms. The van der Waals surface area contributed by atoms with E-state index in [9.17, 15) is 0 Å². The Morgan fingerprint density at radius 3 is 2.26 bits per heavy atom. The van der Waals surface area contributed by atoms with Gasteiger partial charge in [-0.15, -0.1) is 54.1 Å². The van der Waals surface area contributed by atoms with E-state index in [2.05, 4.69) is 137 Å². The van der Waals surface area contributed by atoms with Gasteiger partial charge in [-0.25, -0.2) is 4.98 Å². The maximum Gasteiger partial charge on any atom is 0.216 e. The fraction of sp³-hybridized carbons (Fsp3) is 0.167. The van der Waals surface area contributed by atoms with Crippen LogP contribution in [0.3, 0.4) is 0 Å². The Hall–Kier alpha value is -5.98. The number of hydrogen-bond donors (Lipinski definition) is 0. The molecule has 0 amide bonds. The maximum absolute atomic E-state index is 8.75. The van der Waals surface area contributed by atoms with Crippen LogP contribution in [-0.2, 0) is 26.5 Å². The molecule has 4 aromatic heterocycles. The summed E-state index contributed by atoms with van der Waals surface area (Å²) in [7, 11) is -1.70. The monoisotopic (exact) mass is 991 g/mol. The molecule has 5 nitrogen and oxygen atoms in total. The number of benzene rings is 6. The molecule has 0 spiro atoms. The molecule has 305 valence electrons. The fourth-order valence-corrected chi connectivity index (χ4v) is 9.30. The van der Waals surface area contributed by atoms with Crippen molar-refractivity contribution in [3.05, 3.63) is 175 Å². The van der Waals surface area contributed by atoms with Crippen molar-refractivity contribution in [2.45, 2.75) is 53.7 Å². The Morgan fingerprint density at radius 2 is 1.49 bits per heavy atom. The van der Waals surface area contributed by atoms with E-state index in [1.807, 2.05) is 88.5 Å². The van der Waals surface area contributed by atoms with Crippen LogP contribution in [0.25, 0.3) is 83.3 Å². The van der Waals surface area contributed by atoms with Crippen LogP contribution in [0.5, 0.6) is 0 Å². The van der Waals surface area contributed by atoms with Crippen molar-refractivity contribution >= 4 is 57.1 Å². The molecule has 0 aliphatic heterocycles. The van der Waals surface area contributed by atoms with E-state index in [0.29, 0.717) is 5.71 Å². The Morgan fingerprint density at radius 1 is 0.738 bits per heavy atom. The third-order valence-corrected chi connectivity index (χ3v) is 12.7. The normalized spacial score (nSPS) is 12.5. The first-order valence-electron chi connectivity index (χ1n) is 21.4. The van der Waals surface area contributed by atoms with Crippen molar-refractivity contribution in [2.75, 3.05) is 0 Å². The summed E-state index contributed by atoms with van der Waals surface area (Å²) >= 11 is 0. The number of fused-ring (bicyclic) bond motifs is 5. The number of rotatable bonds is 6. The zero-order valence-electron chi connectivity index (χ0n) is 37.5. The third kappa shape index (κ3) is 8.39. The van der Waals surface area contributed by atoms with Gasteiger partial charge in [-0.3, -0.25) is 4.98 Å². The number of para-hydroxylation sites is 2. The van der Waals surface area contributed by atoms with Gasteiger partial charge in [0.2, 0.25) is 5.71 Å². The van der Waals surface area contributed by atoms with Gasteiger partial charge in [-0.2, -0.15) is 0 Å². The van der Waals surface area contributed by atoms with Crippen molar-refractivity contribution in [1.29, 1.82) is 0 Å². The summed E-state index contributed by atoms with van der Waals surface area (Å²) in [6.07, 6.45) is 0.469. The first kappa shape index (κ1) is 39.2. The fourth-order valence-electron chi connectivity index (χ4n) is 7.91. The summed E-state index contributed by atoms with van der Waals surface area (Å²) < 4.78 is 26.2. The first-order valence-corrected chi connectivity index (χ1v) is 23.9. The van der Waals surface area contributed by atoms with Gasteiger partial charge in [-0.1, -0.05) is 142 Å². The van der Waals surface area contributed by atoms with Crippen LogP contribution in [0.15, 0.2) is 156 Å². The smallest absolute Gasteiger partial charge is 0.216 e. The quantitative estimate of drug-likeness (QED) is 0.123. The van der Waals surface area contributed by atoms with Gasteiger partial charge in [-0.05, 0) is 64.8 Å². The third-order valence-electron chi connectivity index (χ3n) is 10.6. The Labute approximate surface area is 375 Å². The molecule has 0 atom stereocenters. The number of aryl methyl sites for hydroxylation is 1. The molecule has 0 saturated heterocycles. The second-order valence-corrected chi connectivity index (χ2v) is 22.4. The summed E-state index contributed by atoms with van der Waals surface area (Å²) in [4.78, 5) is 14.5. The van der Waals surface area contributed by atoms with Gasteiger partial charge in [0.1, 0.15) is 0 Å². The van der Waals surface area contributed by atoms with Crippen LogP contribution in [-0.4, -0.2) is 27.6 Å². The van der Waals surface area contributed by atoms with Gasteiger partial charge < -0.3 is 14.0 Å². The average molecular weight is 991 g/mol. The molecule has 0 unspecified atom stereocenters. The van der Waals surface area contributed by atoms with Crippen molar-refractivity contribution < 1.29 is 27.3 Å². The van der Waals surface area contributed by atoms with Crippen molar-refractivity contribution in [2.24, 2.45) is 5.41 Å². The Balaban J connectivity index is 0.000000196. The molecule has 0 aliphatic carbocycles. The Kier molecular flexibility index (Phi) is 10.8. The number of nitrogens with zero attached hydrogens (tertiary/aromatic N) is 4. The van der Waals surface area contributed by atoms with Gasteiger partial charge in [0.05, 0.1) is 36.2 Å². The molecule has 0 saturated carbocycles. The minimum atomic E-state index is -1.70. The second kappa shape index (κ2) is 16.8. The largest absolute Gasteiger partial charge is 0.486 e. The van der Waals surface area contributed by atoms with Gasteiger partial charge >= 0.3 is 0 Å². The van der Waals surface area contributed by atoms with E-state index in [0.717, 1.165) is 88.7 Å². The predicted molar refractivity (Wildman–Crippen MR) is 253 cm³/mol. The number of imidazole rings is 1. The molecule has 0 fully saturated rings. The molecule has 10 aromatic rings. The molecule has 0 N–H and O–H groups in total. The zero-order chi connectivity index (χ0) is 43.4. The predicted octanol–water partition coefficient (Wildman–Crippen LogP) is 13.6. The molecular formula is C54H48IrN4OSi-2. The molecular weight excluding hydrogens is 941 g/mol. The molecule has 7 heteroatoms. The van der Waals surface area contributed by atoms with Crippen molar-refractivity contribution in [1.82, 2.24) is 19.5 Å². The zero-order valence-corrected chi connectivity index (χ0v) is 38.9. The summed E-state index contributed by atoms with van der Waals surface area (Å²) in [6, 6.07) is 56.2. The summed E-state index contributed by atoms with van der Waals surface area (Å²) in [5, 5.41) is 5.41. The summed E-state index contributed by atoms with van der Waals surface area (Å²) in [5.74, 6) is 0.783. The number of pyridine rings is 2. The van der Waals surface area contributed by atoms with Crippen LogP contribution < -0.4 is 5.19 Å². The van der Waals surface area contributed by atoms with Crippen LogP contribution in [0.1, 0.15) is 34.8 Å². The van der Waals surface area contributed by atoms with E-state index in [1.54, 1.807) is 0 Å². The van der Waals surface area contributed by atoms with E-state index in [4.69, 9.17) is 12.1 Å². The maximum atomic E-state index is 8.75. The van der Waals surface area contributed by atoms with E-state index in [1.165, 1.54) is 5.39 Å².